The summed E-state index contributed by atoms with van der Waals surface area (Å²) in [6, 6.07) is 0. The van der Waals surface area contributed by atoms with Crippen LogP contribution >= 0.6 is 11.3 Å². The molecule has 0 bridgehead atoms. The lowest BCUT2D eigenvalue weighted by atomic mass is 9.76. The highest BCUT2D eigenvalue weighted by Gasteiger charge is 2.32. The summed E-state index contributed by atoms with van der Waals surface area (Å²) >= 11 is 1.85. The Balaban J connectivity index is 1.81. The van der Waals surface area contributed by atoms with E-state index >= 15 is 0 Å². The van der Waals surface area contributed by atoms with Gasteiger partial charge in [0.05, 0.1) is 0 Å². The Hall–Kier alpha value is -0.480. The van der Waals surface area contributed by atoms with Crippen LogP contribution < -0.4 is 5.32 Å². The Morgan fingerprint density at radius 3 is 2.68 bits per heavy atom. The molecular formula is C15H27N3S. The third-order valence-electron chi connectivity index (χ3n) is 4.11. The molecule has 1 fully saturated rings. The summed E-state index contributed by atoms with van der Waals surface area (Å²) in [5.41, 5.74) is 0.314. The Labute approximate surface area is 121 Å². The lowest BCUT2D eigenvalue weighted by Gasteiger charge is -2.30. The molecule has 1 aromatic rings. The molecule has 3 nitrogen and oxygen atoms in total. The van der Waals surface area contributed by atoms with Crippen LogP contribution in [0.3, 0.4) is 0 Å². The summed E-state index contributed by atoms with van der Waals surface area (Å²) in [4.78, 5) is 0. The zero-order valence-electron chi connectivity index (χ0n) is 12.4. The molecule has 0 aliphatic heterocycles. The fourth-order valence-corrected chi connectivity index (χ4v) is 3.89. The van der Waals surface area contributed by atoms with E-state index in [0.717, 1.165) is 19.5 Å². The lowest BCUT2D eigenvalue weighted by Crippen LogP contribution is -2.24. The number of hydrogen-bond donors (Lipinski definition) is 1. The van der Waals surface area contributed by atoms with Gasteiger partial charge in [0.15, 0.2) is 0 Å². The Morgan fingerprint density at radius 2 is 1.95 bits per heavy atom. The van der Waals surface area contributed by atoms with E-state index in [0.29, 0.717) is 5.41 Å². The number of rotatable bonds is 7. The summed E-state index contributed by atoms with van der Waals surface area (Å²) in [5.74, 6) is 0. The predicted molar refractivity (Wildman–Crippen MR) is 81.8 cm³/mol. The van der Waals surface area contributed by atoms with Gasteiger partial charge in [-0.1, -0.05) is 33.1 Å². The predicted octanol–water partition coefficient (Wildman–Crippen LogP) is 3.69. The second-order valence-electron chi connectivity index (χ2n) is 5.98. The van der Waals surface area contributed by atoms with Gasteiger partial charge in [0, 0.05) is 11.8 Å². The molecule has 0 unspecified atom stereocenters. The highest BCUT2D eigenvalue weighted by Crippen LogP contribution is 2.40. The van der Waals surface area contributed by atoms with Crippen molar-refractivity contribution in [3.05, 3.63) is 10.0 Å². The molecule has 1 N–H and O–H groups in total. The minimum Gasteiger partial charge on any atom is -0.317 e. The number of aromatic nitrogens is 2. The van der Waals surface area contributed by atoms with Gasteiger partial charge < -0.3 is 5.32 Å². The maximum absolute atomic E-state index is 4.47. The van der Waals surface area contributed by atoms with Gasteiger partial charge in [-0.2, -0.15) is 0 Å². The van der Waals surface area contributed by atoms with Crippen molar-refractivity contribution in [3.8, 4) is 0 Å². The normalized spacial score (nSPS) is 18.6. The maximum atomic E-state index is 4.47. The molecule has 19 heavy (non-hydrogen) atoms. The molecule has 2 rings (SSSR count). The average molecular weight is 281 g/mol. The molecular weight excluding hydrogens is 254 g/mol. The first kappa shape index (κ1) is 14.9. The van der Waals surface area contributed by atoms with Gasteiger partial charge in [-0.15, -0.1) is 21.5 Å². The third kappa shape index (κ3) is 4.25. The van der Waals surface area contributed by atoms with Crippen LogP contribution in [0.25, 0.3) is 0 Å². The Morgan fingerprint density at radius 1 is 1.16 bits per heavy atom. The van der Waals surface area contributed by atoms with E-state index in [1.807, 2.05) is 11.3 Å². The van der Waals surface area contributed by atoms with E-state index < -0.39 is 0 Å². The molecule has 1 heterocycles. The van der Waals surface area contributed by atoms with Gasteiger partial charge in [0.25, 0.3) is 0 Å². The number of hydrogen-bond acceptors (Lipinski definition) is 4. The third-order valence-corrected chi connectivity index (χ3v) is 5.40. The largest absolute Gasteiger partial charge is 0.317 e. The molecule has 4 heteroatoms. The minimum absolute atomic E-state index is 0.314. The molecule has 0 aromatic carbocycles. The molecule has 0 radical (unpaired) electrons. The van der Waals surface area contributed by atoms with Crippen LogP contribution in [0.2, 0.25) is 0 Å². The zero-order valence-corrected chi connectivity index (χ0v) is 13.2. The quantitative estimate of drug-likeness (QED) is 0.775. The van der Waals surface area contributed by atoms with Crippen molar-refractivity contribution in [2.24, 2.45) is 0 Å². The molecule has 0 atom stereocenters. The van der Waals surface area contributed by atoms with Crippen LogP contribution in [0.4, 0.5) is 0 Å². The molecule has 1 aliphatic rings. The van der Waals surface area contributed by atoms with Crippen molar-refractivity contribution < 1.29 is 0 Å². The van der Waals surface area contributed by atoms with Gasteiger partial charge in [-0.05, 0) is 38.8 Å². The van der Waals surface area contributed by atoms with Crippen LogP contribution in [0.1, 0.15) is 68.8 Å². The van der Waals surface area contributed by atoms with E-state index in [1.165, 1.54) is 55.0 Å². The van der Waals surface area contributed by atoms with Crippen LogP contribution in [-0.2, 0) is 11.8 Å². The Kier molecular flexibility index (Phi) is 5.76. The minimum atomic E-state index is 0.314. The highest BCUT2D eigenvalue weighted by molar-refractivity contribution is 7.11. The van der Waals surface area contributed by atoms with Crippen molar-refractivity contribution in [1.29, 1.82) is 0 Å². The number of nitrogens with one attached hydrogen (secondary N) is 1. The first-order valence-electron chi connectivity index (χ1n) is 7.78. The second kappa shape index (κ2) is 7.34. The van der Waals surface area contributed by atoms with Crippen molar-refractivity contribution in [3.63, 3.8) is 0 Å². The molecule has 0 saturated heterocycles. The summed E-state index contributed by atoms with van der Waals surface area (Å²) in [6.45, 7) is 6.80. The van der Waals surface area contributed by atoms with E-state index in [1.54, 1.807) is 0 Å². The molecule has 1 aromatic heterocycles. The smallest absolute Gasteiger partial charge is 0.123 e. The first-order valence-corrected chi connectivity index (χ1v) is 8.60. The van der Waals surface area contributed by atoms with Crippen molar-refractivity contribution >= 4 is 11.3 Å². The topological polar surface area (TPSA) is 37.8 Å². The lowest BCUT2D eigenvalue weighted by molar-refractivity contribution is 0.317. The van der Waals surface area contributed by atoms with Crippen molar-refractivity contribution in [1.82, 2.24) is 15.5 Å². The zero-order chi connectivity index (χ0) is 13.6. The van der Waals surface area contributed by atoms with E-state index in [2.05, 4.69) is 29.4 Å². The van der Waals surface area contributed by atoms with Crippen LogP contribution in [0.5, 0.6) is 0 Å². The molecule has 108 valence electrons. The summed E-state index contributed by atoms with van der Waals surface area (Å²) < 4.78 is 0. The number of nitrogens with zero attached hydrogens (tertiary/aromatic N) is 2. The van der Waals surface area contributed by atoms with E-state index in [-0.39, 0.29) is 0 Å². The molecule has 1 aliphatic carbocycles. The standard InChI is InChI=1S/C15H27N3S/c1-3-11-16-12-7-8-13-17-18-14(19-13)15(2)9-5-4-6-10-15/h16H,3-12H2,1-2H3. The van der Waals surface area contributed by atoms with Gasteiger partial charge in [0.1, 0.15) is 10.0 Å². The van der Waals surface area contributed by atoms with E-state index in [9.17, 15) is 0 Å². The average Bonchev–Trinajstić information content (AvgIpc) is 2.89. The fourth-order valence-electron chi connectivity index (χ4n) is 2.81. The fraction of sp³-hybridized carbons (Fsp3) is 0.867. The van der Waals surface area contributed by atoms with Gasteiger partial charge in [-0.25, -0.2) is 0 Å². The Bertz CT molecular complexity index is 369. The maximum Gasteiger partial charge on any atom is 0.123 e. The van der Waals surface area contributed by atoms with Gasteiger partial charge >= 0.3 is 0 Å². The van der Waals surface area contributed by atoms with Crippen LogP contribution in [0, 0.1) is 0 Å². The van der Waals surface area contributed by atoms with Crippen molar-refractivity contribution in [2.75, 3.05) is 13.1 Å². The summed E-state index contributed by atoms with van der Waals surface area (Å²) in [6.07, 6.45) is 10.1. The van der Waals surface area contributed by atoms with Crippen molar-refractivity contribution in [2.45, 2.75) is 70.6 Å². The van der Waals surface area contributed by atoms with Gasteiger partial charge in [0.2, 0.25) is 0 Å². The molecule has 0 amide bonds. The molecule has 0 spiro atoms. The second-order valence-corrected chi connectivity index (χ2v) is 7.04. The van der Waals surface area contributed by atoms with E-state index in [4.69, 9.17) is 0 Å². The van der Waals surface area contributed by atoms with Gasteiger partial charge in [-0.3, -0.25) is 0 Å². The summed E-state index contributed by atoms with van der Waals surface area (Å²) in [7, 11) is 0. The van der Waals surface area contributed by atoms with Crippen LogP contribution in [-0.4, -0.2) is 23.3 Å². The first-order chi connectivity index (χ1) is 9.24. The highest BCUT2D eigenvalue weighted by atomic mass is 32.1. The summed E-state index contributed by atoms with van der Waals surface area (Å²) in [5, 5.41) is 14.8. The number of aryl methyl sites for hydroxylation is 1. The monoisotopic (exact) mass is 281 g/mol. The SMILES string of the molecule is CCCNCCCc1nnc(C2(C)CCCCC2)s1. The molecule has 1 saturated carbocycles. The van der Waals surface area contributed by atoms with Crippen LogP contribution in [0.15, 0.2) is 0 Å².